The monoisotopic (exact) mass is 695 g/mol. The number of thiophene rings is 1. The number of quaternary nitrogens is 1. The lowest BCUT2D eigenvalue weighted by Gasteiger charge is -2.28. The molecule has 9 nitrogen and oxygen atoms in total. The van der Waals surface area contributed by atoms with Crippen molar-refractivity contribution < 1.29 is 18.8 Å². The van der Waals surface area contributed by atoms with Crippen molar-refractivity contribution >= 4 is 39.4 Å². The van der Waals surface area contributed by atoms with E-state index in [2.05, 4.69) is 74.2 Å². The fraction of sp³-hybridized carbons (Fsp3) is 0.500. The third-order valence-electron chi connectivity index (χ3n) is 11.7. The summed E-state index contributed by atoms with van der Waals surface area (Å²) in [6.45, 7) is 15.1. The third-order valence-corrected chi connectivity index (χ3v) is 13.0. The molecule has 264 valence electrons. The zero-order valence-electron chi connectivity index (χ0n) is 30.2. The minimum atomic E-state index is -0.595. The highest BCUT2D eigenvalue weighted by Gasteiger charge is 2.51. The number of rotatable bonds is 9. The van der Waals surface area contributed by atoms with Crippen molar-refractivity contribution in [3.8, 4) is 11.3 Å². The van der Waals surface area contributed by atoms with Crippen molar-refractivity contribution in [3.63, 3.8) is 0 Å². The molecular weight excluding hydrogens is 645 g/mol. The topological polar surface area (TPSA) is 122 Å². The number of amides is 1. The molecule has 2 aliphatic heterocycles. The SMILES string of the molecule is CCOC(=O)[N+]1(C(N)=NC[C@@H](C)c2c(-c3cc(C)cc(C)c3)[nH]c3sc(C(C)(C)C(=O)C4C5CCC4NC5)cc23)CCC(c2ccncc2)C1. The van der Waals surface area contributed by atoms with Crippen LogP contribution < -0.4 is 11.1 Å². The molecule has 7 rings (SSSR count). The van der Waals surface area contributed by atoms with E-state index in [1.807, 2.05) is 19.1 Å². The molecule has 4 N–H and O–H groups in total. The highest BCUT2D eigenvalue weighted by molar-refractivity contribution is 7.19. The van der Waals surface area contributed by atoms with Gasteiger partial charge in [0, 0.05) is 52.9 Å². The molecule has 1 aromatic carbocycles. The van der Waals surface area contributed by atoms with E-state index in [0.717, 1.165) is 63.3 Å². The number of aromatic nitrogens is 2. The zero-order chi connectivity index (χ0) is 35.4. The number of hydrogen-bond acceptors (Lipinski definition) is 7. The summed E-state index contributed by atoms with van der Waals surface area (Å²) in [6.07, 6.45) is 6.26. The standard InChI is InChI=1S/C40H51N6O3S/c1-7-49-39(48)46(15-12-28(22-46)26-10-13-42-14-11-26)38(41)44-20-25(4)33-30-19-32(40(5,6)36(47)34-27-8-9-31(34)43-21-27)50-37(30)45-35(33)29-17-23(2)16-24(3)18-29/h10-11,13-14,16-19,25,27-28,31,34,43,45H,7-9,12,15,20-22H2,1-6H3,(H2,41,44)/q+1/t25-,27?,28?,31?,34?,46?/m1/s1. The molecule has 2 saturated heterocycles. The van der Waals surface area contributed by atoms with E-state index in [1.165, 1.54) is 11.1 Å². The number of aromatic amines is 1. The van der Waals surface area contributed by atoms with Gasteiger partial charge in [0.2, 0.25) is 0 Å². The number of aliphatic imine (C=N–C) groups is 1. The molecule has 3 aliphatic rings. The Bertz CT molecular complexity index is 1910. The molecule has 1 amide bonds. The highest BCUT2D eigenvalue weighted by atomic mass is 32.1. The summed E-state index contributed by atoms with van der Waals surface area (Å²) in [5.74, 6) is 1.30. The van der Waals surface area contributed by atoms with Crippen LogP contribution in [0.2, 0.25) is 0 Å². The maximum absolute atomic E-state index is 14.1. The first kappa shape index (κ1) is 34.6. The Labute approximate surface area is 299 Å². The van der Waals surface area contributed by atoms with Gasteiger partial charge in [-0.3, -0.25) is 9.78 Å². The minimum Gasteiger partial charge on any atom is -0.420 e. The lowest BCUT2D eigenvalue weighted by Crippen LogP contribution is -2.59. The first-order valence-corrected chi connectivity index (χ1v) is 19.0. The number of aryl methyl sites for hydroxylation is 2. The summed E-state index contributed by atoms with van der Waals surface area (Å²) in [4.78, 5) is 42.8. The van der Waals surface area contributed by atoms with Crippen LogP contribution in [0.15, 0.2) is 53.8 Å². The van der Waals surface area contributed by atoms with E-state index < -0.39 is 5.41 Å². The molecule has 6 atom stereocenters. The van der Waals surface area contributed by atoms with Crippen LogP contribution in [0.1, 0.15) is 85.9 Å². The van der Waals surface area contributed by atoms with E-state index in [1.54, 1.807) is 23.7 Å². The number of ketones is 1. The number of likely N-dealkylation sites (tertiary alicyclic amines) is 1. The predicted molar refractivity (Wildman–Crippen MR) is 201 cm³/mol. The van der Waals surface area contributed by atoms with Gasteiger partial charge >= 0.3 is 12.1 Å². The van der Waals surface area contributed by atoms with Crippen molar-refractivity contribution in [2.24, 2.45) is 22.6 Å². The number of fused-ring (bicyclic) bond motifs is 3. The van der Waals surface area contributed by atoms with Crippen LogP contribution in [-0.4, -0.2) is 71.1 Å². The van der Waals surface area contributed by atoms with E-state index in [-0.39, 0.29) is 34.9 Å². The third kappa shape index (κ3) is 5.99. The Morgan fingerprint density at radius 3 is 2.50 bits per heavy atom. The number of Topliss-reactive ketones (excluding diaryl/α,β-unsaturated/α-hetero) is 1. The molecule has 5 heterocycles. The first-order valence-electron chi connectivity index (χ1n) is 18.2. The molecule has 1 saturated carbocycles. The smallest absolute Gasteiger partial charge is 0.420 e. The number of carbonyl (C=O) groups is 2. The molecule has 3 fully saturated rings. The van der Waals surface area contributed by atoms with Crippen LogP contribution in [0, 0.1) is 25.7 Å². The Kier molecular flexibility index (Phi) is 9.24. The van der Waals surface area contributed by atoms with E-state index >= 15 is 0 Å². The second-order valence-corrected chi connectivity index (χ2v) is 16.5. The number of ether oxygens (including phenoxy) is 1. The molecule has 2 bridgehead atoms. The Morgan fingerprint density at radius 1 is 1.12 bits per heavy atom. The number of piperidine rings is 1. The number of H-pyrrole nitrogens is 1. The normalized spacial score (nSPS) is 25.8. The van der Waals surface area contributed by atoms with Gasteiger partial charge in [-0.2, -0.15) is 9.28 Å². The van der Waals surface area contributed by atoms with E-state index in [4.69, 9.17) is 15.5 Å². The zero-order valence-corrected chi connectivity index (χ0v) is 31.0. The lowest BCUT2D eigenvalue weighted by atomic mass is 9.76. The summed E-state index contributed by atoms with van der Waals surface area (Å²) in [7, 11) is 0. The summed E-state index contributed by atoms with van der Waals surface area (Å²) in [5.41, 5.74) is 13.1. The van der Waals surface area contributed by atoms with Gasteiger partial charge < -0.3 is 20.8 Å². The van der Waals surface area contributed by atoms with Gasteiger partial charge in [0.1, 0.15) is 17.2 Å². The Hall–Kier alpha value is -3.86. The number of benzene rings is 1. The van der Waals surface area contributed by atoms with Crippen molar-refractivity contribution in [2.45, 2.75) is 84.1 Å². The van der Waals surface area contributed by atoms with E-state index in [9.17, 15) is 9.59 Å². The first-order chi connectivity index (χ1) is 23.9. The number of nitrogens with one attached hydrogen (secondary N) is 2. The van der Waals surface area contributed by atoms with Gasteiger partial charge in [0.25, 0.3) is 0 Å². The molecule has 50 heavy (non-hydrogen) atoms. The van der Waals surface area contributed by atoms with Crippen LogP contribution in [0.25, 0.3) is 21.5 Å². The molecule has 1 aliphatic carbocycles. The van der Waals surface area contributed by atoms with Gasteiger partial charge in [-0.15, -0.1) is 11.3 Å². The van der Waals surface area contributed by atoms with Crippen LogP contribution in [0.5, 0.6) is 0 Å². The number of nitrogens with two attached hydrogens (primary N) is 1. The van der Waals surface area contributed by atoms with Gasteiger partial charge in [-0.1, -0.05) is 24.1 Å². The highest BCUT2D eigenvalue weighted by Crippen LogP contribution is 2.47. The minimum absolute atomic E-state index is 0.0323. The van der Waals surface area contributed by atoms with Crippen LogP contribution in [-0.2, 0) is 14.9 Å². The Morgan fingerprint density at radius 2 is 1.86 bits per heavy atom. The number of pyridine rings is 1. The van der Waals surface area contributed by atoms with Crippen LogP contribution >= 0.6 is 11.3 Å². The van der Waals surface area contributed by atoms with Crippen molar-refractivity contribution in [1.82, 2.24) is 15.3 Å². The van der Waals surface area contributed by atoms with Gasteiger partial charge in [0.15, 0.2) is 0 Å². The molecule has 4 aromatic rings. The molecule has 5 unspecified atom stereocenters. The van der Waals surface area contributed by atoms with Gasteiger partial charge in [-0.05, 0) is 107 Å². The lowest BCUT2D eigenvalue weighted by molar-refractivity contribution is -0.755. The van der Waals surface area contributed by atoms with Gasteiger partial charge in [0.05, 0.1) is 30.8 Å². The molecule has 3 aromatic heterocycles. The number of carbonyl (C=O) groups excluding carboxylic acids is 2. The predicted octanol–water partition coefficient (Wildman–Crippen LogP) is 7.33. The number of guanidine groups is 1. The maximum atomic E-state index is 14.1. The number of hydrogen-bond donors (Lipinski definition) is 3. The summed E-state index contributed by atoms with van der Waals surface area (Å²) in [6, 6.07) is 13.2. The second-order valence-electron chi connectivity index (χ2n) is 15.4. The summed E-state index contributed by atoms with van der Waals surface area (Å²) < 4.78 is 5.50. The molecule has 0 radical (unpaired) electrons. The average Bonchev–Trinajstić information content (AvgIpc) is 3.93. The number of nitrogens with zero attached hydrogens (tertiary/aromatic N) is 3. The van der Waals surface area contributed by atoms with Crippen LogP contribution in [0.3, 0.4) is 0 Å². The molecule has 0 spiro atoms. The fourth-order valence-electron chi connectivity index (χ4n) is 8.96. The molecule has 10 heteroatoms. The summed E-state index contributed by atoms with van der Waals surface area (Å²) in [5, 5.41) is 4.71. The molecular formula is C40H51N6O3S+. The largest absolute Gasteiger partial charge is 0.523 e. The van der Waals surface area contributed by atoms with Crippen molar-refractivity contribution in [1.29, 1.82) is 0 Å². The quantitative estimate of drug-likeness (QED) is 0.0958. The van der Waals surface area contributed by atoms with E-state index in [0.29, 0.717) is 43.3 Å². The maximum Gasteiger partial charge on any atom is 0.523 e. The second kappa shape index (κ2) is 13.4. The van der Waals surface area contributed by atoms with Gasteiger partial charge in [-0.25, -0.2) is 4.99 Å². The van der Waals surface area contributed by atoms with Crippen LogP contribution in [0.4, 0.5) is 4.79 Å². The van der Waals surface area contributed by atoms with Crippen molar-refractivity contribution in [2.75, 3.05) is 32.8 Å². The fourth-order valence-corrected chi connectivity index (χ4v) is 10.1. The summed E-state index contributed by atoms with van der Waals surface area (Å²) >= 11 is 1.70. The average molecular weight is 696 g/mol. The Balaban J connectivity index is 1.24. The van der Waals surface area contributed by atoms with Crippen molar-refractivity contribution in [3.05, 3.63) is 75.9 Å².